The largest absolute Gasteiger partial charge is 0.256 e. The third kappa shape index (κ3) is 1.89. The number of hydrogen-bond donors (Lipinski definition) is 0. The smallest absolute Gasteiger partial charge is 0.0999 e. The average molecular weight is 184 g/mol. The molecule has 70 valence electrons. The van der Waals surface area contributed by atoms with Crippen molar-refractivity contribution in [2.24, 2.45) is 0 Å². The van der Waals surface area contributed by atoms with Crippen LogP contribution in [0.4, 0.5) is 0 Å². The summed E-state index contributed by atoms with van der Waals surface area (Å²) in [4.78, 5) is 4.14. The molecule has 1 aromatic carbocycles. The van der Waals surface area contributed by atoms with E-state index in [-0.39, 0.29) is 0 Å². The van der Waals surface area contributed by atoms with Crippen LogP contribution in [0.3, 0.4) is 0 Å². The van der Waals surface area contributed by atoms with Crippen molar-refractivity contribution < 1.29 is 0 Å². The number of rotatable bonds is 0. The van der Waals surface area contributed by atoms with E-state index in [0.29, 0.717) is 5.56 Å². The Balaban J connectivity index is 0.000000461. The second kappa shape index (κ2) is 4.98. The number of hydrogen-bond acceptors (Lipinski definition) is 2. The van der Waals surface area contributed by atoms with Crippen molar-refractivity contribution in [2.45, 2.75) is 13.8 Å². The lowest BCUT2D eigenvalue weighted by molar-refractivity contribution is 1.39. The van der Waals surface area contributed by atoms with Crippen molar-refractivity contribution in [3.05, 3.63) is 42.1 Å². The minimum atomic E-state index is 0.681. The summed E-state index contributed by atoms with van der Waals surface area (Å²) in [5.41, 5.74) is 1.55. The molecule has 0 saturated heterocycles. The van der Waals surface area contributed by atoms with E-state index >= 15 is 0 Å². The minimum Gasteiger partial charge on any atom is -0.256 e. The summed E-state index contributed by atoms with van der Waals surface area (Å²) in [6, 6.07) is 11.5. The van der Waals surface area contributed by atoms with Crippen molar-refractivity contribution >= 4 is 10.9 Å². The first-order valence-electron chi connectivity index (χ1n) is 4.65. The van der Waals surface area contributed by atoms with Crippen molar-refractivity contribution in [2.75, 3.05) is 0 Å². The van der Waals surface area contributed by atoms with Crippen LogP contribution in [0.25, 0.3) is 10.9 Å². The first-order chi connectivity index (χ1) is 6.92. The molecular weight excluding hydrogens is 172 g/mol. The van der Waals surface area contributed by atoms with Gasteiger partial charge in [-0.3, -0.25) is 4.98 Å². The number of benzene rings is 1. The SMILES string of the molecule is CC.N#Cc1ccnc2ccccc12. The summed E-state index contributed by atoms with van der Waals surface area (Å²) in [6.45, 7) is 4.00. The fraction of sp³-hybridized carbons (Fsp3) is 0.167. The molecule has 14 heavy (non-hydrogen) atoms. The molecule has 0 aliphatic carbocycles. The molecule has 2 rings (SSSR count). The fourth-order valence-corrected chi connectivity index (χ4v) is 1.19. The Morgan fingerprint density at radius 1 is 1.14 bits per heavy atom. The van der Waals surface area contributed by atoms with Crippen LogP contribution in [0.1, 0.15) is 19.4 Å². The highest BCUT2D eigenvalue weighted by Crippen LogP contribution is 2.14. The summed E-state index contributed by atoms with van der Waals surface area (Å²) in [5, 5.41) is 9.68. The summed E-state index contributed by atoms with van der Waals surface area (Å²) >= 11 is 0. The van der Waals surface area contributed by atoms with E-state index in [0.717, 1.165) is 10.9 Å². The molecule has 0 spiro atoms. The highest BCUT2D eigenvalue weighted by Gasteiger charge is 1.97. The van der Waals surface area contributed by atoms with E-state index in [4.69, 9.17) is 5.26 Å². The Labute approximate surface area is 83.8 Å². The van der Waals surface area contributed by atoms with Crippen molar-refractivity contribution in [1.29, 1.82) is 5.26 Å². The molecule has 0 saturated carbocycles. The quantitative estimate of drug-likeness (QED) is 0.630. The average Bonchev–Trinajstić information content (AvgIpc) is 2.31. The van der Waals surface area contributed by atoms with Gasteiger partial charge in [0.25, 0.3) is 0 Å². The summed E-state index contributed by atoms with van der Waals surface area (Å²) < 4.78 is 0. The van der Waals surface area contributed by atoms with Gasteiger partial charge >= 0.3 is 0 Å². The Morgan fingerprint density at radius 2 is 1.86 bits per heavy atom. The van der Waals surface area contributed by atoms with Crippen LogP contribution in [-0.4, -0.2) is 4.98 Å². The van der Waals surface area contributed by atoms with Crippen molar-refractivity contribution in [3.8, 4) is 6.07 Å². The molecule has 2 heteroatoms. The van der Waals surface area contributed by atoms with Gasteiger partial charge in [0.2, 0.25) is 0 Å². The van der Waals surface area contributed by atoms with Gasteiger partial charge in [-0.2, -0.15) is 5.26 Å². The van der Waals surface area contributed by atoms with Crippen molar-refractivity contribution in [3.63, 3.8) is 0 Å². The lowest BCUT2D eigenvalue weighted by Gasteiger charge is -1.96. The minimum absolute atomic E-state index is 0.681. The van der Waals surface area contributed by atoms with E-state index in [9.17, 15) is 0 Å². The molecule has 2 aromatic rings. The second-order valence-electron chi connectivity index (χ2n) is 2.49. The molecule has 2 nitrogen and oxygen atoms in total. The van der Waals surface area contributed by atoms with Gasteiger partial charge in [0.05, 0.1) is 17.1 Å². The molecule has 0 fully saturated rings. The zero-order valence-electron chi connectivity index (χ0n) is 8.36. The fourth-order valence-electron chi connectivity index (χ4n) is 1.19. The molecule has 0 unspecified atom stereocenters. The van der Waals surface area contributed by atoms with Crippen LogP contribution in [-0.2, 0) is 0 Å². The lowest BCUT2D eigenvalue weighted by Crippen LogP contribution is -1.81. The highest BCUT2D eigenvalue weighted by atomic mass is 14.6. The zero-order chi connectivity index (χ0) is 10.4. The maximum absolute atomic E-state index is 8.76. The van der Waals surface area contributed by atoms with Gasteiger partial charge in [0.1, 0.15) is 0 Å². The monoisotopic (exact) mass is 184 g/mol. The van der Waals surface area contributed by atoms with Crippen LogP contribution in [0.5, 0.6) is 0 Å². The predicted octanol–water partition coefficient (Wildman–Crippen LogP) is 3.13. The second-order valence-corrected chi connectivity index (χ2v) is 2.49. The molecule has 1 heterocycles. The van der Waals surface area contributed by atoms with Gasteiger partial charge in [0.15, 0.2) is 0 Å². The predicted molar refractivity (Wildman–Crippen MR) is 57.8 cm³/mol. The Bertz CT molecular complexity index is 450. The maximum Gasteiger partial charge on any atom is 0.0999 e. The molecule has 0 atom stereocenters. The Kier molecular flexibility index (Phi) is 3.63. The van der Waals surface area contributed by atoms with Crippen LogP contribution in [0, 0.1) is 11.3 Å². The normalized spacial score (nSPS) is 8.64. The number of nitriles is 1. The molecule has 0 aliphatic rings. The first-order valence-corrected chi connectivity index (χ1v) is 4.65. The number of para-hydroxylation sites is 1. The standard InChI is InChI=1S/C10H6N2.C2H6/c11-7-8-5-6-12-10-4-2-1-3-9(8)10;1-2/h1-6H;1-2H3. The molecular formula is C12H12N2. The molecule has 0 radical (unpaired) electrons. The number of aromatic nitrogens is 1. The van der Waals surface area contributed by atoms with Crippen LogP contribution in [0.2, 0.25) is 0 Å². The third-order valence-electron chi connectivity index (χ3n) is 1.77. The number of pyridine rings is 1. The van der Waals surface area contributed by atoms with Crippen molar-refractivity contribution in [1.82, 2.24) is 4.98 Å². The van der Waals surface area contributed by atoms with E-state index < -0.39 is 0 Å². The summed E-state index contributed by atoms with van der Waals surface area (Å²) in [7, 11) is 0. The molecule has 1 aromatic heterocycles. The molecule has 0 N–H and O–H groups in total. The van der Waals surface area contributed by atoms with Gasteiger partial charge in [0, 0.05) is 11.6 Å². The molecule has 0 amide bonds. The van der Waals surface area contributed by atoms with E-state index in [1.165, 1.54) is 0 Å². The van der Waals surface area contributed by atoms with Gasteiger partial charge in [-0.05, 0) is 12.1 Å². The third-order valence-corrected chi connectivity index (χ3v) is 1.77. The maximum atomic E-state index is 8.76. The van der Waals surface area contributed by atoms with E-state index in [1.807, 2.05) is 38.1 Å². The number of nitrogens with zero attached hydrogens (tertiary/aromatic N) is 2. The van der Waals surface area contributed by atoms with E-state index in [1.54, 1.807) is 12.3 Å². The van der Waals surface area contributed by atoms with Crippen LogP contribution >= 0.6 is 0 Å². The number of fused-ring (bicyclic) bond motifs is 1. The summed E-state index contributed by atoms with van der Waals surface area (Å²) in [5.74, 6) is 0. The van der Waals surface area contributed by atoms with Crippen LogP contribution in [0.15, 0.2) is 36.5 Å². The Hall–Kier alpha value is -1.88. The van der Waals surface area contributed by atoms with Crippen LogP contribution < -0.4 is 0 Å². The first kappa shape index (κ1) is 10.2. The Morgan fingerprint density at radius 3 is 2.57 bits per heavy atom. The zero-order valence-corrected chi connectivity index (χ0v) is 8.36. The molecule has 0 bridgehead atoms. The van der Waals surface area contributed by atoms with Gasteiger partial charge < -0.3 is 0 Å². The van der Waals surface area contributed by atoms with Gasteiger partial charge in [-0.25, -0.2) is 0 Å². The van der Waals surface area contributed by atoms with Gasteiger partial charge in [-0.1, -0.05) is 32.0 Å². The molecule has 0 aliphatic heterocycles. The highest BCUT2D eigenvalue weighted by molar-refractivity contribution is 5.84. The van der Waals surface area contributed by atoms with E-state index in [2.05, 4.69) is 11.1 Å². The van der Waals surface area contributed by atoms with Gasteiger partial charge in [-0.15, -0.1) is 0 Å². The summed E-state index contributed by atoms with van der Waals surface area (Å²) in [6.07, 6.45) is 1.65. The topological polar surface area (TPSA) is 36.7 Å². The lowest BCUT2D eigenvalue weighted by atomic mass is 10.1.